The van der Waals surface area contributed by atoms with Crippen molar-refractivity contribution in [2.45, 2.75) is 51.1 Å². The van der Waals surface area contributed by atoms with Gasteiger partial charge in [-0.05, 0) is 61.7 Å². The third-order valence-electron chi connectivity index (χ3n) is 6.41. The first-order valence-corrected chi connectivity index (χ1v) is 11.6. The molecule has 1 heterocycles. The molecular formula is C25H30Cl2N2O3. The number of esters is 1. The Morgan fingerprint density at radius 2 is 1.88 bits per heavy atom. The number of ether oxygens (including phenoxy) is 1. The summed E-state index contributed by atoms with van der Waals surface area (Å²) in [6.45, 7) is 4.31. The highest BCUT2D eigenvalue weighted by Gasteiger charge is 2.51. The number of amides is 1. The van der Waals surface area contributed by atoms with Crippen LogP contribution in [0.2, 0.25) is 10.0 Å². The van der Waals surface area contributed by atoms with Crippen molar-refractivity contribution in [3.05, 3.63) is 69.7 Å². The molecule has 5 nitrogen and oxygen atoms in total. The van der Waals surface area contributed by atoms with Crippen molar-refractivity contribution < 1.29 is 14.3 Å². The number of hydrogen-bond acceptors (Lipinski definition) is 4. The predicted octanol–water partition coefficient (Wildman–Crippen LogP) is 5.36. The van der Waals surface area contributed by atoms with Crippen LogP contribution in [0, 0.1) is 5.41 Å². The van der Waals surface area contributed by atoms with E-state index in [9.17, 15) is 9.59 Å². The number of nitrogens with zero attached hydrogens (tertiary/aromatic N) is 1. The van der Waals surface area contributed by atoms with Gasteiger partial charge >= 0.3 is 5.97 Å². The van der Waals surface area contributed by atoms with Crippen molar-refractivity contribution in [2.75, 3.05) is 13.7 Å². The molecule has 2 N–H and O–H groups in total. The van der Waals surface area contributed by atoms with Crippen LogP contribution in [0.15, 0.2) is 48.5 Å². The maximum Gasteiger partial charge on any atom is 0.306 e. The van der Waals surface area contributed by atoms with Crippen molar-refractivity contribution in [1.29, 1.82) is 0 Å². The van der Waals surface area contributed by atoms with Crippen LogP contribution in [0.3, 0.4) is 0 Å². The molecule has 0 aromatic heterocycles. The first-order chi connectivity index (χ1) is 15.2. The summed E-state index contributed by atoms with van der Waals surface area (Å²) in [6.07, 6.45) is 1.14. The van der Waals surface area contributed by atoms with E-state index in [0.717, 1.165) is 11.1 Å². The summed E-state index contributed by atoms with van der Waals surface area (Å²) in [5.41, 5.74) is 6.97. The van der Waals surface area contributed by atoms with Crippen molar-refractivity contribution in [3.63, 3.8) is 0 Å². The van der Waals surface area contributed by atoms with E-state index < -0.39 is 11.4 Å². The lowest BCUT2D eigenvalue weighted by Gasteiger charge is -2.51. The van der Waals surface area contributed by atoms with Gasteiger partial charge in [-0.1, -0.05) is 54.4 Å². The van der Waals surface area contributed by atoms with Gasteiger partial charge in [-0.25, -0.2) is 0 Å². The Bertz CT molecular complexity index is 966. The van der Waals surface area contributed by atoms with E-state index in [4.69, 9.17) is 33.7 Å². The summed E-state index contributed by atoms with van der Waals surface area (Å²) in [7, 11) is 1.35. The van der Waals surface area contributed by atoms with E-state index in [-0.39, 0.29) is 30.3 Å². The number of benzene rings is 2. The number of likely N-dealkylation sites (tertiary alicyclic amines) is 1. The van der Waals surface area contributed by atoms with E-state index in [1.54, 1.807) is 0 Å². The number of carbonyl (C=O) groups excluding carboxylic acids is 2. The maximum absolute atomic E-state index is 13.9. The van der Waals surface area contributed by atoms with Crippen LogP contribution in [-0.4, -0.2) is 36.5 Å². The molecule has 0 spiro atoms. The van der Waals surface area contributed by atoms with E-state index in [0.29, 0.717) is 29.4 Å². The first kappa shape index (κ1) is 24.6. The Labute approximate surface area is 199 Å². The summed E-state index contributed by atoms with van der Waals surface area (Å²) in [5, 5.41) is 1.26. The fraction of sp³-hybridized carbons (Fsp3) is 0.440. The highest BCUT2D eigenvalue weighted by atomic mass is 35.5. The third-order valence-corrected chi connectivity index (χ3v) is 6.90. The molecule has 3 rings (SSSR count). The Kier molecular flexibility index (Phi) is 7.86. The largest absolute Gasteiger partial charge is 0.469 e. The SMILES string of the molecule is COC(=O)C[C@@]1(C)C[C@H](c2cccc(Cl)c2)[C@@H](c2ccc(Cl)cc2)N([C@@H](C)CCN)C1=O. The van der Waals surface area contributed by atoms with Gasteiger partial charge in [0.1, 0.15) is 0 Å². The molecule has 32 heavy (non-hydrogen) atoms. The van der Waals surface area contributed by atoms with E-state index >= 15 is 0 Å². The first-order valence-electron chi connectivity index (χ1n) is 10.8. The topological polar surface area (TPSA) is 72.6 Å². The zero-order valence-corrected chi connectivity index (χ0v) is 20.2. The minimum absolute atomic E-state index is 0.0125. The molecule has 1 aliphatic heterocycles. The second kappa shape index (κ2) is 10.2. The minimum atomic E-state index is -0.911. The van der Waals surface area contributed by atoms with Gasteiger partial charge in [-0.15, -0.1) is 0 Å². The third kappa shape index (κ3) is 5.11. The quantitative estimate of drug-likeness (QED) is 0.546. The normalized spacial score (nSPS) is 24.3. The molecule has 0 radical (unpaired) electrons. The Balaban J connectivity index is 2.19. The summed E-state index contributed by atoms with van der Waals surface area (Å²) in [5.74, 6) is -0.549. The molecular weight excluding hydrogens is 447 g/mol. The van der Waals surface area contributed by atoms with Gasteiger partial charge in [-0.3, -0.25) is 9.59 Å². The van der Waals surface area contributed by atoms with Gasteiger partial charge in [0.2, 0.25) is 5.91 Å². The van der Waals surface area contributed by atoms with Gasteiger partial charge < -0.3 is 15.4 Å². The smallest absolute Gasteiger partial charge is 0.306 e. The van der Waals surface area contributed by atoms with Gasteiger partial charge in [0.25, 0.3) is 0 Å². The monoisotopic (exact) mass is 476 g/mol. The van der Waals surface area contributed by atoms with Crippen LogP contribution < -0.4 is 5.73 Å². The van der Waals surface area contributed by atoms with Crippen molar-refractivity contribution in [2.24, 2.45) is 11.1 Å². The second-order valence-corrected chi connectivity index (χ2v) is 9.69. The number of halogens is 2. The standard InChI is InChI=1S/C25H30Cl2N2O3/c1-16(11-12-28)29-23(17-7-9-19(26)10-8-17)21(18-5-4-6-20(27)13-18)14-25(2,24(29)31)15-22(30)32-3/h4-10,13,16,21,23H,11-12,14-15,28H2,1-3H3/t16-,21+,23+,25+/m0/s1. The number of methoxy groups -OCH3 is 1. The minimum Gasteiger partial charge on any atom is -0.469 e. The maximum atomic E-state index is 13.9. The van der Waals surface area contributed by atoms with Crippen LogP contribution in [0.25, 0.3) is 0 Å². The summed E-state index contributed by atoms with van der Waals surface area (Å²) < 4.78 is 4.93. The molecule has 0 aliphatic carbocycles. The Morgan fingerprint density at radius 1 is 1.19 bits per heavy atom. The lowest BCUT2D eigenvalue weighted by atomic mass is 9.67. The molecule has 0 unspecified atom stereocenters. The highest BCUT2D eigenvalue weighted by molar-refractivity contribution is 6.30. The van der Waals surface area contributed by atoms with Crippen molar-refractivity contribution in [1.82, 2.24) is 4.90 Å². The van der Waals surface area contributed by atoms with E-state index in [1.165, 1.54) is 7.11 Å². The lowest BCUT2D eigenvalue weighted by Crippen LogP contribution is -2.55. The lowest BCUT2D eigenvalue weighted by molar-refractivity contribution is -0.161. The number of nitrogens with two attached hydrogens (primary N) is 1. The zero-order valence-electron chi connectivity index (χ0n) is 18.7. The fourth-order valence-corrected chi connectivity index (χ4v) is 5.12. The molecule has 7 heteroatoms. The average molecular weight is 477 g/mol. The van der Waals surface area contributed by atoms with Crippen LogP contribution in [0.5, 0.6) is 0 Å². The highest BCUT2D eigenvalue weighted by Crippen LogP contribution is 2.52. The van der Waals surface area contributed by atoms with Crippen LogP contribution >= 0.6 is 23.2 Å². The van der Waals surface area contributed by atoms with Gasteiger partial charge in [0.15, 0.2) is 0 Å². The van der Waals surface area contributed by atoms with Crippen LogP contribution in [0.1, 0.15) is 56.2 Å². The number of piperidine rings is 1. The van der Waals surface area contributed by atoms with Crippen LogP contribution in [0.4, 0.5) is 0 Å². The molecule has 4 atom stereocenters. The summed E-state index contributed by atoms with van der Waals surface area (Å²) in [6, 6.07) is 14.9. The molecule has 1 amide bonds. The molecule has 0 saturated carbocycles. The van der Waals surface area contributed by atoms with Gasteiger partial charge in [0, 0.05) is 22.0 Å². The molecule has 1 aliphatic rings. The second-order valence-electron chi connectivity index (χ2n) is 8.81. The Morgan fingerprint density at radius 3 is 2.47 bits per heavy atom. The number of rotatable bonds is 7. The average Bonchev–Trinajstić information content (AvgIpc) is 2.76. The summed E-state index contributed by atoms with van der Waals surface area (Å²) >= 11 is 12.5. The number of carbonyl (C=O) groups is 2. The summed E-state index contributed by atoms with van der Waals surface area (Å²) in [4.78, 5) is 28.1. The zero-order chi connectivity index (χ0) is 23.5. The Hall–Kier alpha value is -2.08. The molecule has 2 aromatic rings. The molecule has 1 fully saturated rings. The molecule has 0 bridgehead atoms. The van der Waals surface area contributed by atoms with E-state index in [2.05, 4.69) is 0 Å². The van der Waals surface area contributed by atoms with Gasteiger partial charge in [0.05, 0.1) is 25.0 Å². The molecule has 1 saturated heterocycles. The van der Waals surface area contributed by atoms with Crippen molar-refractivity contribution >= 4 is 35.1 Å². The number of hydrogen-bond donors (Lipinski definition) is 1. The van der Waals surface area contributed by atoms with Gasteiger partial charge in [-0.2, -0.15) is 0 Å². The molecule has 2 aromatic carbocycles. The van der Waals surface area contributed by atoms with Crippen molar-refractivity contribution in [3.8, 4) is 0 Å². The van der Waals surface area contributed by atoms with Crippen LogP contribution in [-0.2, 0) is 14.3 Å². The fourth-order valence-electron chi connectivity index (χ4n) is 4.80. The molecule has 172 valence electrons. The van der Waals surface area contributed by atoms with E-state index in [1.807, 2.05) is 67.3 Å². The predicted molar refractivity (Wildman–Crippen MR) is 128 cm³/mol.